The van der Waals surface area contributed by atoms with Crippen molar-refractivity contribution in [3.8, 4) is 0 Å². The fourth-order valence-corrected chi connectivity index (χ4v) is 2.30. The molecule has 24 heavy (non-hydrogen) atoms. The van der Waals surface area contributed by atoms with Gasteiger partial charge in [-0.05, 0) is 37.6 Å². The van der Waals surface area contributed by atoms with Crippen LogP contribution in [0.1, 0.15) is 47.4 Å². The van der Waals surface area contributed by atoms with Gasteiger partial charge in [0.2, 0.25) is 0 Å². The number of rotatable bonds is 7. The van der Waals surface area contributed by atoms with E-state index in [2.05, 4.69) is 17.2 Å². The number of Topliss-reactive ketones (excluding diaryl/α,β-unsaturated/α-hetero) is 1. The maximum absolute atomic E-state index is 12.4. The lowest BCUT2D eigenvalue weighted by Crippen LogP contribution is -2.20. The molecule has 0 saturated heterocycles. The summed E-state index contributed by atoms with van der Waals surface area (Å²) in [6.07, 6.45) is 3.82. The van der Waals surface area contributed by atoms with Gasteiger partial charge in [0.1, 0.15) is 5.82 Å². The summed E-state index contributed by atoms with van der Waals surface area (Å²) in [6, 6.07) is 10.4. The molecule has 126 valence electrons. The predicted molar refractivity (Wildman–Crippen MR) is 96.8 cm³/mol. The zero-order chi connectivity index (χ0) is 17.5. The molecule has 1 aromatic carbocycles. The lowest BCUT2D eigenvalue weighted by atomic mass is 10.1. The van der Waals surface area contributed by atoms with E-state index in [9.17, 15) is 9.59 Å². The molecule has 0 aliphatic rings. The Balaban J connectivity index is 2.12. The van der Waals surface area contributed by atoms with Crippen LogP contribution in [0.3, 0.4) is 0 Å². The van der Waals surface area contributed by atoms with Crippen LogP contribution in [0.2, 0.25) is 0 Å². The second-order valence-electron chi connectivity index (χ2n) is 5.77. The summed E-state index contributed by atoms with van der Waals surface area (Å²) in [5.41, 5.74) is 1.71. The van der Waals surface area contributed by atoms with E-state index in [0.717, 1.165) is 25.2 Å². The first-order valence-electron chi connectivity index (χ1n) is 8.10. The summed E-state index contributed by atoms with van der Waals surface area (Å²) >= 11 is 0. The van der Waals surface area contributed by atoms with Crippen LogP contribution < -0.4 is 10.2 Å². The molecule has 1 aromatic heterocycles. The van der Waals surface area contributed by atoms with Crippen molar-refractivity contribution < 1.29 is 9.59 Å². The number of hydrogen-bond donors (Lipinski definition) is 1. The Bertz CT molecular complexity index is 728. The van der Waals surface area contributed by atoms with Crippen molar-refractivity contribution >= 4 is 23.2 Å². The van der Waals surface area contributed by atoms with Crippen LogP contribution >= 0.6 is 0 Å². The third-order valence-corrected chi connectivity index (χ3v) is 3.77. The quantitative estimate of drug-likeness (QED) is 0.787. The molecule has 0 aliphatic heterocycles. The van der Waals surface area contributed by atoms with Gasteiger partial charge in [0.15, 0.2) is 5.78 Å². The normalized spacial score (nSPS) is 10.3. The summed E-state index contributed by atoms with van der Waals surface area (Å²) in [7, 11) is 1.97. The first-order chi connectivity index (χ1) is 11.5. The van der Waals surface area contributed by atoms with Gasteiger partial charge in [-0.2, -0.15) is 0 Å². The molecule has 0 atom stereocenters. The minimum atomic E-state index is -0.219. The van der Waals surface area contributed by atoms with Crippen molar-refractivity contribution in [3.05, 3.63) is 53.7 Å². The Hall–Kier alpha value is -2.69. The van der Waals surface area contributed by atoms with Crippen molar-refractivity contribution in [2.75, 3.05) is 23.8 Å². The van der Waals surface area contributed by atoms with Gasteiger partial charge in [-0.25, -0.2) is 4.98 Å². The van der Waals surface area contributed by atoms with E-state index in [1.54, 1.807) is 42.6 Å². The van der Waals surface area contributed by atoms with Gasteiger partial charge < -0.3 is 10.2 Å². The largest absolute Gasteiger partial charge is 0.360 e. The van der Waals surface area contributed by atoms with Gasteiger partial charge in [0.25, 0.3) is 5.91 Å². The van der Waals surface area contributed by atoms with Crippen molar-refractivity contribution in [2.45, 2.75) is 26.7 Å². The van der Waals surface area contributed by atoms with Crippen LogP contribution in [0.15, 0.2) is 42.6 Å². The molecule has 1 N–H and O–H groups in total. The van der Waals surface area contributed by atoms with E-state index in [1.807, 2.05) is 11.9 Å². The van der Waals surface area contributed by atoms with Crippen molar-refractivity contribution in [1.82, 2.24) is 4.98 Å². The molecule has 2 rings (SSSR count). The van der Waals surface area contributed by atoms with E-state index >= 15 is 0 Å². The summed E-state index contributed by atoms with van der Waals surface area (Å²) in [5.74, 6) is 0.520. The Morgan fingerprint density at radius 3 is 2.67 bits per heavy atom. The Morgan fingerprint density at radius 1 is 1.17 bits per heavy atom. The van der Waals surface area contributed by atoms with Crippen LogP contribution in [0.5, 0.6) is 0 Å². The van der Waals surface area contributed by atoms with Crippen molar-refractivity contribution in [1.29, 1.82) is 0 Å². The second kappa shape index (κ2) is 8.24. The highest BCUT2D eigenvalue weighted by Crippen LogP contribution is 2.15. The molecule has 5 heteroatoms. The van der Waals surface area contributed by atoms with Crippen molar-refractivity contribution in [2.24, 2.45) is 0 Å². The van der Waals surface area contributed by atoms with E-state index in [0.29, 0.717) is 16.8 Å². The molecular weight excluding hydrogens is 302 g/mol. The average molecular weight is 325 g/mol. The molecule has 1 amide bonds. The number of hydrogen-bond acceptors (Lipinski definition) is 4. The number of benzene rings is 1. The Labute approximate surface area is 142 Å². The zero-order valence-corrected chi connectivity index (χ0v) is 14.4. The molecule has 5 nitrogen and oxygen atoms in total. The number of carbonyl (C=O) groups is 2. The van der Waals surface area contributed by atoms with Gasteiger partial charge >= 0.3 is 0 Å². The summed E-state index contributed by atoms with van der Waals surface area (Å²) in [5, 5.41) is 2.83. The lowest BCUT2D eigenvalue weighted by Gasteiger charge is -2.18. The second-order valence-corrected chi connectivity index (χ2v) is 5.77. The molecule has 0 unspecified atom stereocenters. The highest BCUT2D eigenvalue weighted by molar-refractivity contribution is 6.05. The first kappa shape index (κ1) is 17.7. The number of aromatic nitrogens is 1. The van der Waals surface area contributed by atoms with E-state index in [4.69, 9.17) is 0 Å². The zero-order valence-electron chi connectivity index (χ0n) is 14.4. The van der Waals surface area contributed by atoms with Crippen LogP contribution in [0.25, 0.3) is 0 Å². The van der Waals surface area contributed by atoms with Crippen LogP contribution in [-0.2, 0) is 0 Å². The summed E-state index contributed by atoms with van der Waals surface area (Å²) in [6.45, 7) is 4.54. The van der Waals surface area contributed by atoms with Gasteiger partial charge in [-0.15, -0.1) is 0 Å². The summed E-state index contributed by atoms with van der Waals surface area (Å²) in [4.78, 5) is 30.2. The van der Waals surface area contributed by atoms with Gasteiger partial charge in [-0.1, -0.05) is 25.5 Å². The maximum atomic E-state index is 12.4. The number of ketones is 1. The molecule has 2 aromatic rings. The standard InChI is InChI=1S/C19H23N3O2/c1-4-5-11-22(3)18-13-16(9-10-20-18)19(24)21-17-8-6-7-15(12-17)14(2)23/h6-10,12-13H,4-5,11H2,1-3H3,(H,21,24). The van der Waals surface area contributed by atoms with E-state index in [-0.39, 0.29) is 11.7 Å². The minimum absolute atomic E-state index is 0.0326. The van der Waals surface area contributed by atoms with Crippen molar-refractivity contribution in [3.63, 3.8) is 0 Å². The van der Waals surface area contributed by atoms with Crippen LogP contribution in [-0.4, -0.2) is 30.3 Å². The SMILES string of the molecule is CCCCN(C)c1cc(C(=O)Nc2cccc(C(C)=O)c2)ccn1. The van der Waals surface area contributed by atoms with Gasteiger partial charge in [-0.3, -0.25) is 9.59 Å². The topological polar surface area (TPSA) is 62.3 Å². The molecule has 0 aliphatic carbocycles. The number of amides is 1. The number of carbonyl (C=O) groups excluding carboxylic acids is 2. The molecule has 0 radical (unpaired) electrons. The number of anilines is 2. The molecule has 0 saturated carbocycles. The van der Waals surface area contributed by atoms with E-state index in [1.165, 1.54) is 6.92 Å². The molecule has 0 spiro atoms. The fourth-order valence-electron chi connectivity index (χ4n) is 2.30. The third-order valence-electron chi connectivity index (χ3n) is 3.77. The highest BCUT2D eigenvalue weighted by atomic mass is 16.1. The molecular formula is C19H23N3O2. The first-order valence-corrected chi connectivity index (χ1v) is 8.10. The van der Waals surface area contributed by atoms with Crippen LogP contribution in [0, 0.1) is 0 Å². The van der Waals surface area contributed by atoms with Crippen LogP contribution in [0.4, 0.5) is 11.5 Å². The monoisotopic (exact) mass is 325 g/mol. The maximum Gasteiger partial charge on any atom is 0.255 e. The Kier molecular flexibility index (Phi) is 6.07. The van der Waals surface area contributed by atoms with Gasteiger partial charge in [0, 0.05) is 36.6 Å². The third kappa shape index (κ3) is 4.65. The fraction of sp³-hybridized carbons (Fsp3) is 0.316. The molecule has 0 bridgehead atoms. The lowest BCUT2D eigenvalue weighted by molar-refractivity contribution is 0.101. The number of unbranched alkanes of at least 4 members (excludes halogenated alkanes) is 1. The van der Waals surface area contributed by atoms with Gasteiger partial charge in [0.05, 0.1) is 0 Å². The molecule has 1 heterocycles. The number of nitrogens with zero attached hydrogens (tertiary/aromatic N) is 2. The smallest absolute Gasteiger partial charge is 0.255 e. The highest BCUT2D eigenvalue weighted by Gasteiger charge is 2.10. The number of pyridine rings is 1. The minimum Gasteiger partial charge on any atom is -0.360 e. The Morgan fingerprint density at radius 2 is 1.96 bits per heavy atom. The molecule has 0 fully saturated rings. The number of nitrogens with one attached hydrogen (secondary N) is 1. The van der Waals surface area contributed by atoms with E-state index < -0.39 is 0 Å². The summed E-state index contributed by atoms with van der Waals surface area (Å²) < 4.78 is 0. The predicted octanol–water partition coefficient (Wildman–Crippen LogP) is 3.77. The average Bonchev–Trinajstić information content (AvgIpc) is 2.60.